The summed E-state index contributed by atoms with van der Waals surface area (Å²) in [6.45, 7) is 7.87. The highest BCUT2D eigenvalue weighted by molar-refractivity contribution is 5.82. The lowest BCUT2D eigenvalue weighted by molar-refractivity contribution is 0.242. The van der Waals surface area contributed by atoms with Crippen LogP contribution < -0.4 is 42.6 Å². The van der Waals surface area contributed by atoms with Gasteiger partial charge in [0.25, 0.3) is 0 Å². The topological polar surface area (TPSA) is 235 Å². The number of benzene rings is 3. The van der Waals surface area contributed by atoms with Gasteiger partial charge in [0.15, 0.2) is 17.5 Å². The first-order valence-electron chi connectivity index (χ1n) is 23.6. The quantitative estimate of drug-likeness (QED) is 0.0684. The molecule has 21 heteroatoms. The van der Waals surface area contributed by atoms with Crippen LogP contribution in [0.1, 0.15) is 0 Å². The molecule has 0 radical (unpaired) electrons. The zero-order valence-electron chi connectivity index (χ0n) is 37.6. The van der Waals surface area contributed by atoms with Crippen molar-refractivity contribution in [3.63, 3.8) is 0 Å². The second kappa shape index (κ2) is 19.0. The fourth-order valence-corrected chi connectivity index (χ4v) is 7.15. The minimum absolute atomic E-state index is 0.000937. The maximum atomic E-state index is 6.59. The molecule has 9 aliphatic rings. The van der Waals surface area contributed by atoms with Crippen LogP contribution in [0.2, 0.25) is 0 Å². The Labute approximate surface area is 395 Å². The lowest BCUT2D eigenvalue weighted by Crippen LogP contribution is -2.13. The van der Waals surface area contributed by atoms with E-state index in [0.717, 1.165) is 0 Å². The van der Waals surface area contributed by atoms with Gasteiger partial charge in [-0.25, -0.2) is 15.0 Å². The second-order valence-electron chi connectivity index (χ2n) is 18.1. The molecule has 21 nitrogen and oxygen atoms in total. The summed E-state index contributed by atoms with van der Waals surface area (Å²) in [7, 11) is 0. The molecule has 13 rings (SSSR count). The van der Waals surface area contributed by atoms with E-state index in [1.807, 2.05) is 0 Å². The van der Waals surface area contributed by atoms with Crippen LogP contribution in [-0.2, 0) is 42.6 Å². The van der Waals surface area contributed by atoms with Crippen molar-refractivity contribution in [2.75, 3.05) is 119 Å². The first-order chi connectivity index (χ1) is 34.0. The van der Waals surface area contributed by atoms with Crippen molar-refractivity contribution < 1.29 is 85.3 Å². The normalized spacial score (nSPS) is 27.9. The highest BCUT2D eigenvalue weighted by Crippen LogP contribution is 2.48. The van der Waals surface area contributed by atoms with Crippen LogP contribution in [0, 0.1) is 0 Å². The molecule has 9 unspecified atom stereocenters. The number of nitrogens with zero attached hydrogens (tertiary/aromatic N) is 3. The van der Waals surface area contributed by atoms with E-state index in [1.54, 1.807) is 36.4 Å². The first-order valence-corrected chi connectivity index (χ1v) is 23.6. The number of hydrogen-bond donors (Lipinski definition) is 0. The highest BCUT2D eigenvalue weighted by Gasteiger charge is 2.35. The zero-order valence-corrected chi connectivity index (χ0v) is 37.6. The van der Waals surface area contributed by atoms with Gasteiger partial charge in [0, 0.05) is 36.4 Å². The molecule has 0 aliphatic carbocycles. The average Bonchev–Trinajstić information content (AvgIpc) is 4.18. The largest absolute Gasteiger partial charge is 0.491 e. The molecule has 0 saturated carbocycles. The predicted octanol–water partition coefficient (Wildman–Crippen LogP) is 2.87. The Kier molecular flexibility index (Phi) is 12.0. The molecule has 9 fully saturated rings. The molecule has 0 N–H and O–H groups in total. The molecule has 3 aromatic carbocycles. The van der Waals surface area contributed by atoms with Crippen LogP contribution >= 0.6 is 0 Å². The van der Waals surface area contributed by atoms with Gasteiger partial charge in [-0.05, 0) is 0 Å². The summed E-state index contributed by atoms with van der Waals surface area (Å²) in [5.74, 6) is 4.41. The molecule has 4 aromatic rings. The van der Waals surface area contributed by atoms with Gasteiger partial charge in [0.1, 0.15) is 183 Å². The number of ether oxygens (including phenoxy) is 18. The summed E-state index contributed by atoms with van der Waals surface area (Å²) in [6, 6.07) is 10.8. The van der Waals surface area contributed by atoms with Gasteiger partial charge in [0.05, 0.1) is 59.5 Å². The molecule has 10 heterocycles. The third kappa shape index (κ3) is 11.9. The molecule has 0 bridgehead atoms. The van der Waals surface area contributed by atoms with E-state index in [9.17, 15) is 0 Å². The molecule has 69 heavy (non-hydrogen) atoms. The predicted molar refractivity (Wildman–Crippen MR) is 233 cm³/mol. The highest BCUT2D eigenvalue weighted by atomic mass is 16.6. The fourth-order valence-electron chi connectivity index (χ4n) is 7.15. The van der Waals surface area contributed by atoms with Crippen molar-refractivity contribution in [3.8, 4) is 85.9 Å². The van der Waals surface area contributed by atoms with Gasteiger partial charge >= 0.3 is 0 Å². The maximum Gasteiger partial charge on any atom is 0.171 e. The Morgan fingerprint density at radius 2 is 0.435 bits per heavy atom. The standard InChI is InChI=1S/C48H51N3O18/c1-25(52-7-28-10-55-28)2-38(65-20-32-14-59-32)43(37(1)64-19-31-13-58-31)46-49-47(44-39(66-21-33-15-60-33)3-26(53-8-29-11-56-29)4-40(44)67-22-34-16-61-34)51-48(50-46)45-41(68-23-35-17-62-35)5-27(54-9-30-12-57-30)6-42(45)69-24-36-18-63-36/h1-6,28-36H,7-24H2. The van der Waals surface area contributed by atoms with E-state index >= 15 is 0 Å². The van der Waals surface area contributed by atoms with Crippen molar-refractivity contribution in [1.29, 1.82) is 0 Å². The van der Waals surface area contributed by atoms with E-state index in [4.69, 9.17) is 100 Å². The number of aromatic nitrogens is 3. The van der Waals surface area contributed by atoms with Crippen LogP contribution in [0.5, 0.6) is 51.7 Å². The summed E-state index contributed by atoms with van der Waals surface area (Å²) in [6.07, 6.45) is -0.547. The monoisotopic (exact) mass is 957 g/mol. The third-order valence-electron chi connectivity index (χ3n) is 11.9. The first kappa shape index (κ1) is 43.5. The Hall–Kier alpha value is -5.49. The SMILES string of the molecule is c1c(OCC2CO2)cc(OCC2CO2)c(-c2nc(-c3c(OCC4CO4)cc(OCC4CO4)cc3OCC3CO3)nc(-c3c(OCC4CO4)cc(OCC4CO4)cc3OCC3CO3)n2)c1OCC1CO1. The lowest BCUT2D eigenvalue weighted by Gasteiger charge is -2.21. The molecular weight excluding hydrogens is 907 g/mol. The van der Waals surface area contributed by atoms with Crippen molar-refractivity contribution in [3.05, 3.63) is 36.4 Å². The van der Waals surface area contributed by atoms with Crippen LogP contribution in [-0.4, -0.2) is 189 Å². The van der Waals surface area contributed by atoms with Gasteiger partial charge in [-0.1, -0.05) is 0 Å². The van der Waals surface area contributed by atoms with Gasteiger partial charge in [0.2, 0.25) is 0 Å². The average molecular weight is 958 g/mol. The van der Waals surface area contributed by atoms with Crippen LogP contribution in [0.4, 0.5) is 0 Å². The molecule has 0 spiro atoms. The second-order valence-corrected chi connectivity index (χ2v) is 18.1. The molecule has 9 saturated heterocycles. The van der Waals surface area contributed by atoms with E-state index in [0.29, 0.717) is 148 Å². The van der Waals surface area contributed by atoms with Crippen molar-refractivity contribution in [2.45, 2.75) is 54.9 Å². The smallest absolute Gasteiger partial charge is 0.171 e. The van der Waals surface area contributed by atoms with Gasteiger partial charge < -0.3 is 85.3 Å². The number of rotatable bonds is 30. The molecule has 9 atom stereocenters. The Morgan fingerprint density at radius 1 is 0.275 bits per heavy atom. The summed E-state index contributed by atoms with van der Waals surface area (Å²) in [5.41, 5.74) is 1.28. The van der Waals surface area contributed by atoms with E-state index in [2.05, 4.69) is 0 Å². The minimum atomic E-state index is -0.0916. The van der Waals surface area contributed by atoms with Crippen LogP contribution in [0.25, 0.3) is 34.2 Å². The summed E-state index contributed by atoms with van der Waals surface area (Å²) >= 11 is 0. The lowest BCUT2D eigenvalue weighted by atomic mass is 10.1. The van der Waals surface area contributed by atoms with E-state index < -0.39 is 0 Å². The molecular formula is C48H51N3O18. The zero-order chi connectivity index (χ0) is 45.7. The molecule has 1 aromatic heterocycles. The van der Waals surface area contributed by atoms with E-state index in [-0.39, 0.29) is 112 Å². The molecule has 0 amide bonds. The van der Waals surface area contributed by atoms with Crippen LogP contribution in [0.3, 0.4) is 0 Å². The van der Waals surface area contributed by atoms with Gasteiger partial charge in [-0.3, -0.25) is 0 Å². The Morgan fingerprint density at radius 3 is 0.594 bits per heavy atom. The summed E-state index contributed by atoms with van der Waals surface area (Å²) in [4.78, 5) is 15.9. The van der Waals surface area contributed by atoms with Gasteiger partial charge in [-0.15, -0.1) is 0 Å². The van der Waals surface area contributed by atoms with E-state index in [1.165, 1.54) is 0 Å². The van der Waals surface area contributed by atoms with Crippen LogP contribution in [0.15, 0.2) is 36.4 Å². The third-order valence-corrected chi connectivity index (χ3v) is 11.9. The number of epoxide rings is 9. The number of hydrogen-bond acceptors (Lipinski definition) is 21. The Bertz CT molecular complexity index is 2100. The van der Waals surface area contributed by atoms with Crippen molar-refractivity contribution in [1.82, 2.24) is 15.0 Å². The fraction of sp³-hybridized carbons (Fsp3) is 0.562. The molecule has 366 valence electrons. The Balaban J connectivity index is 1.00. The summed E-state index contributed by atoms with van der Waals surface area (Å²) in [5, 5.41) is 0. The van der Waals surface area contributed by atoms with Crippen molar-refractivity contribution in [2.24, 2.45) is 0 Å². The van der Waals surface area contributed by atoms with Crippen molar-refractivity contribution >= 4 is 0 Å². The maximum absolute atomic E-state index is 6.59. The molecule has 9 aliphatic heterocycles. The minimum Gasteiger partial charge on any atom is -0.491 e. The summed E-state index contributed by atoms with van der Waals surface area (Å²) < 4.78 is 108. The van der Waals surface area contributed by atoms with Gasteiger partial charge in [-0.2, -0.15) is 0 Å².